The molecule has 0 saturated carbocycles. The molecule has 8 aromatic carbocycles. The number of imidazole rings is 1. The molecule has 0 N–H and O–H groups in total. The van der Waals surface area contributed by atoms with Crippen LogP contribution in [0.1, 0.15) is 26.7 Å². The molecule has 3 aromatic heterocycles. The van der Waals surface area contributed by atoms with Crippen molar-refractivity contribution in [3.63, 3.8) is 0 Å². The number of rotatable bonds is 7. The van der Waals surface area contributed by atoms with Crippen molar-refractivity contribution >= 4 is 57.0 Å². The molecule has 7 heteroatoms. The average molecular weight is 1040 g/mol. The largest absolute Gasteiger partial charge is 0.500 e. The zero-order valence-electron chi connectivity index (χ0n) is 37.8. The predicted molar refractivity (Wildman–Crippen MR) is 267 cm³/mol. The van der Waals surface area contributed by atoms with Crippen LogP contribution in [0.15, 0.2) is 187 Å². The van der Waals surface area contributed by atoms with Crippen molar-refractivity contribution < 1.29 is 30.3 Å². The number of halogens is 1. The first-order valence-electron chi connectivity index (χ1n) is 22.1. The average Bonchev–Trinajstić information content (AvgIpc) is 3.90. The van der Waals surface area contributed by atoms with E-state index in [1.54, 1.807) is 6.07 Å². The van der Waals surface area contributed by atoms with Gasteiger partial charge in [-0.05, 0) is 51.5 Å². The van der Waals surface area contributed by atoms with Crippen molar-refractivity contribution in [2.45, 2.75) is 39.4 Å². The Balaban J connectivity index is 0.000000221. The van der Waals surface area contributed by atoms with Crippen LogP contribution in [0.25, 0.3) is 94.3 Å². The van der Waals surface area contributed by atoms with Gasteiger partial charge in [-0.25, -0.2) is 4.39 Å². The maximum absolute atomic E-state index is 14.3. The summed E-state index contributed by atoms with van der Waals surface area (Å²) in [4.78, 5) is 9.92. The van der Waals surface area contributed by atoms with Gasteiger partial charge in [0.05, 0.1) is 36.2 Å². The maximum Gasteiger partial charge on any atom is 0.126 e. The molecular weight excluding hydrogens is 994 g/mol. The number of benzene rings is 8. The smallest absolute Gasteiger partial charge is 0.126 e. The molecular formula is C58H46FIrN3OSi-2. The zero-order chi connectivity index (χ0) is 44.9. The Kier molecular flexibility index (Phi) is 11.7. The fraction of sp³-hybridized carbons (Fsp3) is 0.103. The third-order valence-electron chi connectivity index (χ3n) is 11.8. The number of hydrogen-bond acceptors (Lipinski definition) is 3. The third kappa shape index (κ3) is 8.28. The van der Waals surface area contributed by atoms with Crippen LogP contribution in [0, 0.1) is 17.9 Å². The minimum absolute atomic E-state index is 0. The van der Waals surface area contributed by atoms with Gasteiger partial charge in [-0.2, -0.15) is 0 Å². The van der Waals surface area contributed by atoms with Crippen molar-refractivity contribution in [1.29, 1.82) is 0 Å². The third-order valence-corrected chi connectivity index (χ3v) is 13.8. The second kappa shape index (κ2) is 18.0. The maximum atomic E-state index is 14.3. The van der Waals surface area contributed by atoms with Crippen molar-refractivity contribution in [3.05, 3.63) is 206 Å². The molecule has 0 bridgehead atoms. The van der Waals surface area contributed by atoms with Gasteiger partial charge in [0.2, 0.25) is 0 Å². The van der Waals surface area contributed by atoms with Crippen LogP contribution < -0.4 is 5.19 Å². The van der Waals surface area contributed by atoms with Crippen LogP contribution in [-0.2, 0) is 20.1 Å². The Morgan fingerprint density at radius 1 is 0.677 bits per heavy atom. The molecule has 0 amide bonds. The number of para-hydroxylation sites is 1. The fourth-order valence-corrected chi connectivity index (χ4v) is 10.3. The van der Waals surface area contributed by atoms with Gasteiger partial charge in [-0.1, -0.05) is 165 Å². The summed E-state index contributed by atoms with van der Waals surface area (Å²) in [6, 6.07) is 65.2. The van der Waals surface area contributed by atoms with Crippen molar-refractivity contribution in [1.82, 2.24) is 14.5 Å². The summed E-state index contributed by atoms with van der Waals surface area (Å²) in [6.45, 7) is 10.8. The van der Waals surface area contributed by atoms with E-state index in [0.717, 1.165) is 77.3 Å². The van der Waals surface area contributed by atoms with E-state index in [2.05, 4.69) is 151 Å². The molecule has 4 nitrogen and oxygen atoms in total. The first-order valence-corrected chi connectivity index (χ1v) is 25.1. The first kappa shape index (κ1) is 42.2. The Bertz CT molecular complexity index is 3470. The number of nitrogens with zero attached hydrogens (tertiary/aromatic N) is 3. The van der Waals surface area contributed by atoms with Crippen LogP contribution >= 0.6 is 0 Å². The van der Waals surface area contributed by atoms with Gasteiger partial charge in [0.15, 0.2) is 0 Å². The van der Waals surface area contributed by atoms with Gasteiger partial charge in [0, 0.05) is 55.6 Å². The predicted octanol–water partition coefficient (Wildman–Crippen LogP) is 15.2. The minimum Gasteiger partial charge on any atom is -0.500 e. The van der Waals surface area contributed by atoms with E-state index in [1.807, 2.05) is 68.6 Å². The van der Waals surface area contributed by atoms with Crippen LogP contribution in [-0.4, -0.2) is 22.6 Å². The Hall–Kier alpha value is -6.76. The van der Waals surface area contributed by atoms with Crippen LogP contribution in [0.4, 0.5) is 4.39 Å². The van der Waals surface area contributed by atoms with Crippen molar-refractivity contribution in [3.8, 4) is 50.6 Å². The number of aromatic nitrogens is 3. The summed E-state index contributed by atoms with van der Waals surface area (Å²) in [6.07, 6.45) is 1.98. The summed E-state index contributed by atoms with van der Waals surface area (Å²) in [5.74, 6) is -0.246. The number of pyridine rings is 1. The Morgan fingerprint density at radius 3 is 2.05 bits per heavy atom. The van der Waals surface area contributed by atoms with E-state index in [1.165, 1.54) is 17.3 Å². The summed E-state index contributed by atoms with van der Waals surface area (Å²) in [5.41, 5.74) is 12.0. The molecule has 0 aliphatic carbocycles. The second-order valence-electron chi connectivity index (χ2n) is 17.3. The Labute approximate surface area is 395 Å². The van der Waals surface area contributed by atoms with Gasteiger partial charge >= 0.3 is 0 Å². The zero-order valence-corrected chi connectivity index (χ0v) is 40.2. The fourth-order valence-electron chi connectivity index (χ4n) is 8.76. The number of hydrogen-bond donors (Lipinski definition) is 0. The summed E-state index contributed by atoms with van der Waals surface area (Å²) in [7, 11) is -1.50. The molecule has 0 aliphatic rings. The van der Waals surface area contributed by atoms with Crippen molar-refractivity contribution in [2.75, 3.05) is 0 Å². The first-order chi connectivity index (χ1) is 31.4. The molecule has 321 valence electrons. The van der Waals surface area contributed by atoms with Gasteiger partial charge < -0.3 is 14.0 Å². The molecule has 3 heterocycles. The summed E-state index contributed by atoms with van der Waals surface area (Å²) in [5, 5.41) is 5.23. The van der Waals surface area contributed by atoms with Gasteiger partial charge in [-0.3, -0.25) is 4.98 Å². The summed E-state index contributed by atoms with van der Waals surface area (Å²) >= 11 is 0. The molecule has 11 rings (SSSR count). The molecule has 0 unspecified atom stereocenters. The molecule has 1 radical (unpaired) electrons. The number of fused-ring (bicyclic) bond motifs is 6. The molecule has 0 saturated heterocycles. The van der Waals surface area contributed by atoms with E-state index < -0.39 is 14.0 Å². The van der Waals surface area contributed by atoms with E-state index in [9.17, 15) is 4.39 Å². The second-order valence-corrected chi connectivity index (χ2v) is 22.4. The van der Waals surface area contributed by atoms with Crippen LogP contribution in [0.5, 0.6) is 0 Å². The molecule has 0 atom stereocenters. The Morgan fingerprint density at radius 2 is 1.37 bits per heavy atom. The molecule has 0 aliphatic heterocycles. The minimum atomic E-state index is -1.50. The summed E-state index contributed by atoms with van der Waals surface area (Å²) < 4.78 is 31.4. The molecule has 65 heavy (non-hydrogen) atoms. The molecule has 0 spiro atoms. The van der Waals surface area contributed by atoms with Gasteiger partial charge in [0.1, 0.15) is 11.4 Å². The molecule has 0 fully saturated rings. The van der Waals surface area contributed by atoms with Crippen LogP contribution in [0.3, 0.4) is 0 Å². The van der Waals surface area contributed by atoms with E-state index >= 15 is 0 Å². The van der Waals surface area contributed by atoms with Crippen molar-refractivity contribution in [2.24, 2.45) is 0 Å². The van der Waals surface area contributed by atoms with E-state index in [0.29, 0.717) is 22.6 Å². The number of furan rings is 1. The van der Waals surface area contributed by atoms with Gasteiger partial charge in [0.25, 0.3) is 0 Å². The monoisotopic (exact) mass is 1040 g/mol. The topological polar surface area (TPSA) is 43.9 Å². The van der Waals surface area contributed by atoms with E-state index in [-0.39, 0.29) is 25.9 Å². The van der Waals surface area contributed by atoms with E-state index in [4.69, 9.17) is 10.8 Å². The SMILES string of the molecule is Fc1ccc2c(c1)oc1c(-c3nc4ccc5ccccc5c4n3-c3c(-c4ccccc4)cccc3-c3ccccc3)[c-]ccc12.[2H]C(C)(C)c1cc(-c2[c-]cccc2)ncc1[Si](C)(C)C.[Ir]. The molecule has 11 aromatic rings. The normalized spacial score (nSPS) is 11.9. The quantitative estimate of drug-likeness (QED) is 0.118. The standard InChI is InChI=1S/C41H24FN2O.C17H22NSi.Ir/c42-29-22-23-33-34-19-10-20-35(40(34)45-37(33)25-29)41-43-36-24-21-28-15-7-8-16-32(28)39(36)44(41)38-30(26-11-3-1-4-12-26)17-9-18-31(38)27-13-5-2-6-14-27;1-13(2)15-11-16(14-9-7-6-8-10-14)18-12-17(15)19(3,4)5;/h1-19,21-25H;6-9,11-13H,1-5H3;/q2*-1;/i;13D;. The van der Waals surface area contributed by atoms with Gasteiger partial charge in [-0.15, -0.1) is 54.1 Å². The van der Waals surface area contributed by atoms with Crippen LogP contribution in [0.2, 0.25) is 19.6 Å².